The first-order valence-corrected chi connectivity index (χ1v) is 6.49. The number of hydrogen-bond donors (Lipinski definition) is 1. The van der Waals surface area contributed by atoms with E-state index < -0.39 is 5.54 Å². The molecule has 0 heterocycles. The topological polar surface area (TPSA) is 47.6 Å². The van der Waals surface area contributed by atoms with Crippen LogP contribution in [-0.4, -0.2) is 37.4 Å². The lowest BCUT2D eigenvalue weighted by Gasteiger charge is -2.30. The molecule has 0 aliphatic heterocycles. The molecule has 0 spiro atoms. The number of carbonyl (C=O) groups excluding carboxylic acids is 1. The van der Waals surface area contributed by atoms with Gasteiger partial charge in [0, 0.05) is 12.6 Å². The standard InChI is InChI=1S/C13H27NO3/c1-6-8-9-16-10-13(5,14-11(3)4)12(15)17-7-2/h11,14H,6-10H2,1-5H3. The first-order valence-electron chi connectivity index (χ1n) is 6.49. The summed E-state index contributed by atoms with van der Waals surface area (Å²) in [5.41, 5.74) is -0.752. The summed E-state index contributed by atoms with van der Waals surface area (Å²) in [7, 11) is 0. The maximum Gasteiger partial charge on any atom is 0.328 e. The zero-order valence-electron chi connectivity index (χ0n) is 11.8. The molecule has 17 heavy (non-hydrogen) atoms. The van der Waals surface area contributed by atoms with Gasteiger partial charge in [-0.2, -0.15) is 0 Å². The first-order chi connectivity index (χ1) is 7.96. The minimum Gasteiger partial charge on any atom is -0.465 e. The van der Waals surface area contributed by atoms with Crippen LogP contribution in [0.4, 0.5) is 0 Å². The van der Waals surface area contributed by atoms with Gasteiger partial charge >= 0.3 is 5.97 Å². The van der Waals surface area contributed by atoms with Gasteiger partial charge in [-0.25, -0.2) is 4.79 Å². The minimum absolute atomic E-state index is 0.208. The molecule has 0 fully saturated rings. The molecule has 1 N–H and O–H groups in total. The second kappa shape index (κ2) is 8.48. The van der Waals surface area contributed by atoms with Gasteiger partial charge in [0.25, 0.3) is 0 Å². The summed E-state index contributed by atoms with van der Waals surface area (Å²) in [6.45, 7) is 11.2. The Morgan fingerprint density at radius 2 is 2.00 bits per heavy atom. The fourth-order valence-corrected chi connectivity index (χ4v) is 1.61. The lowest BCUT2D eigenvalue weighted by atomic mass is 10.0. The zero-order chi connectivity index (χ0) is 13.3. The fraction of sp³-hybridized carbons (Fsp3) is 0.923. The van der Waals surface area contributed by atoms with Crippen LogP contribution in [0, 0.1) is 0 Å². The van der Waals surface area contributed by atoms with Crippen LogP contribution >= 0.6 is 0 Å². The molecule has 0 aromatic rings. The van der Waals surface area contributed by atoms with Crippen molar-refractivity contribution in [3.8, 4) is 0 Å². The first kappa shape index (κ1) is 16.4. The Kier molecular flexibility index (Phi) is 8.17. The Morgan fingerprint density at radius 1 is 1.35 bits per heavy atom. The van der Waals surface area contributed by atoms with Gasteiger partial charge in [0.15, 0.2) is 0 Å². The second-order valence-electron chi connectivity index (χ2n) is 4.76. The molecule has 4 heteroatoms. The third kappa shape index (κ3) is 6.64. The molecule has 102 valence electrons. The predicted molar refractivity (Wildman–Crippen MR) is 69.0 cm³/mol. The minimum atomic E-state index is -0.752. The largest absolute Gasteiger partial charge is 0.465 e. The summed E-state index contributed by atoms with van der Waals surface area (Å²) in [5, 5.41) is 3.22. The van der Waals surface area contributed by atoms with Crippen molar-refractivity contribution in [1.29, 1.82) is 0 Å². The molecule has 0 aromatic carbocycles. The SMILES string of the molecule is CCCCOCC(C)(NC(C)C)C(=O)OCC. The number of esters is 1. The van der Waals surface area contributed by atoms with E-state index in [0.717, 1.165) is 12.8 Å². The average molecular weight is 245 g/mol. The van der Waals surface area contributed by atoms with E-state index in [-0.39, 0.29) is 12.0 Å². The lowest BCUT2D eigenvalue weighted by Crippen LogP contribution is -2.56. The van der Waals surface area contributed by atoms with Gasteiger partial charge in [-0.15, -0.1) is 0 Å². The van der Waals surface area contributed by atoms with E-state index in [2.05, 4.69) is 12.2 Å². The second-order valence-corrected chi connectivity index (χ2v) is 4.76. The van der Waals surface area contributed by atoms with Crippen LogP contribution in [0.2, 0.25) is 0 Å². The Balaban J connectivity index is 4.33. The average Bonchev–Trinajstić information content (AvgIpc) is 2.24. The van der Waals surface area contributed by atoms with Crippen LogP contribution in [-0.2, 0) is 14.3 Å². The highest BCUT2D eigenvalue weighted by Crippen LogP contribution is 2.10. The normalized spacial score (nSPS) is 14.7. The van der Waals surface area contributed by atoms with Crippen LogP contribution in [0.1, 0.15) is 47.5 Å². The van der Waals surface area contributed by atoms with E-state index >= 15 is 0 Å². The maximum atomic E-state index is 11.9. The van der Waals surface area contributed by atoms with Crippen molar-refractivity contribution in [2.24, 2.45) is 0 Å². The third-order valence-electron chi connectivity index (χ3n) is 2.37. The van der Waals surface area contributed by atoms with Gasteiger partial charge in [0.05, 0.1) is 13.2 Å². The van der Waals surface area contributed by atoms with Crippen LogP contribution in [0.15, 0.2) is 0 Å². The Labute approximate surface area is 105 Å². The number of ether oxygens (including phenoxy) is 2. The molecular weight excluding hydrogens is 218 g/mol. The summed E-state index contributed by atoms with van der Waals surface area (Å²) in [6, 6.07) is 0.208. The molecule has 0 saturated carbocycles. The highest BCUT2D eigenvalue weighted by atomic mass is 16.5. The summed E-state index contributed by atoms with van der Waals surface area (Å²) < 4.78 is 10.6. The third-order valence-corrected chi connectivity index (χ3v) is 2.37. The van der Waals surface area contributed by atoms with Gasteiger partial charge in [-0.3, -0.25) is 5.32 Å². The van der Waals surface area contributed by atoms with E-state index in [1.54, 1.807) is 0 Å². The molecule has 1 atom stereocenters. The Morgan fingerprint density at radius 3 is 2.47 bits per heavy atom. The Bertz CT molecular complexity index is 219. The van der Waals surface area contributed by atoms with E-state index in [0.29, 0.717) is 19.8 Å². The van der Waals surface area contributed by atoms with Crippen molar-refractivity contribution >= 4 is 5.97 Å². The van der Waals surface area contributed by atoms with Crippen LogP contribution in [0.25, 0.3) is 0 Å². The van der Waals surface area contributed by atoms with E-state index in [9.17, 15) is 4.79 Å². The van der Waals surface area contributed by atoms with Gasteiger partial charge in [0.2, 0.25) is 0 Å². The van der Waals surface area contributed by atoms with Crippen molar-refractivity contribution in [2.45, 2.75) is 59.0 Å². The smallest absolute Gasteiger partial charge is 0.328 e. The molecule has 0 radical (unpaired) electrons. The molecule has 0 bridgehead atoms. The van der Waals surface area contributed by atoms with Crippen LogP contribution in [0.5, 0.6) is 0 Å². The van der Waals surface area contributed by atoms with E-state index in [4.69, 9.17) is 9.47 Å². The van der Waals surface area contributed by atoms with Crippen molar-refractivity contribution in [3.05, 3.63) is 0 Å². The molecule has 0 rings (SSSR count). The van der Waals surface area contributed by atoms with Gasteiger partial charge in [-0.05, 0) is 34.1 Å². The van der Waals surface area contributed by atoms with Gasteiger partial charge in [0.1, 0.15) is 5.54 Å². The van der Waals surface area contributed by atoms with E-state index in [1.807, 2.05) is 27.7 Å². The molecule has 0 aromatic heterocycles. The van der Waals surface area contributed by atoms with Crippen LogP contribution in [0.3, 0.4) is 0 Å². The summed E-state index contributed by atoms with van der Waals surface area (Å²) in [5.74, 6) is -0.245. The molecule has 0 aliphatic carbocycles. The van der Waals surface area contributed by atoms with Crippen molar-refractivity contribution in [2.75, 3.05) is 19.8 Å². The predicted octanol–water partition coefficient (Wildman–Crippen LogP) is 2.12. The summed E-state index contributed by atoms with van der Waals surface area (Å²) >= 11 is 0. The Hall–Kier alpha value is -0.610. The number of nitrogens with one attached hydrogen (secondary N) is 1. The van der Waals surface area contributed by atoms with Gasteiger partial charge < -0.3 is 9.47 Å². The highest BCUT2D eigenvalue weighted by Gasteiger charge is 2.35. The molecule has 0 saturated heterocycles. The highest BCUT2D eigenvalue weighted by molar-refractivity contribution is 5.80. The molecule has 0 aliphatic rings. The zero-order valence-corrected chi connectivity index (χ0v) is 11.8. The number of hydrogen-bond acceptors (Lipinski definition) is 4. The van der Waals surface area contributed by atoms with Crippen LogP contribution < -0.4 is 5.32 Å². The maximum absolute atomic E-state index is 11.9. The molecule has 1 unspecified atom stereocenters. The monoisotopic (exact) mass is 245 g/mol. The van der Waals surface area contributed by atoms with Crippen molar-refractivity contribution < 1.29 is 14.3 Å². The number of rotatable bonds is 9. The number of unbranched alkanes of at least 4 members (excludes halogenated alkanes) is 1. The fourth-order valence-electron chi connectivity index (χ4n) is 1.61. The molecule has 4 nitrogen and oxygen atoms in total. The van der Waals surface area contributed by atoms with Crippen molar-refractivity contribution in [3.63, 3.8) is 0 Å². The summed E-state index contributed by atoms with van der Waals surface area (Å²) in [6.07, 6.45) is 2.11. The summed E-state index contributed by atoms with van der Waals surface area (Å²) in [4.78, 5) is 11.9. The van der Waals surface area contributed by atoms with Crippen molar-refractivity contribution in [1.82, 2.24) is 5.32 Å². The lowest BCUT2D eigenvalue weighted by molar-refractivity contribution is -0.153. The molecule has 0 amide bonds. The van der Waals surface area contributed by atoms with E-state index in [1.165, 1.54) is 0 Å². The molecular formula is C13H27NO3. The quantitative estimate of drug-likeness (QED) is 0.499. The number of carbonyl (C=O) groups is 1. The van der Waals surface area contributed by atoms with Gasteiger partial charge in [-0.1, -0.05) is 13.3 Å².